The Balaban J connectivity index is 1.65. The van der Waals surface area contributed by atoms with E-state index in [1.165, 1.54) is 21.3 Å². The molecule has 1 aromatic heterocycles. The number of nitrogens with two attached hydrogens (primary N) is 1. The Morgan fingerprint density at radius 3 is 2.15 bits per heavy atom. The fourth-order valence-corrected chi connectivity index (χ4v) is 4.25. The van der Waals surface area contributed by atoms with Crippen molar-refractivity contribution < 1.29 is 24.1 Å². The number of carbonyl (C=O) groups excluding carboxylic acids is 1. The van der Waals surface area contributed by atoms with Crippen LogP contribution in [0.5, 0.6) is 17.2 Å². The molecule has 0 fully saturated rings. The molecule has 41 heavy (non-hydrogen) atoms. The van der Waals surface area contributed by atoms with Gasteiger partial charge in [0, 0.05) is 40.2 Å². The number of rotatable bonds is 9. The summed E-state index contributed by atoms with van der Waals surface area (Å²) in [5, 5.41) is 16.3. The second kappa shape index (κ2) is 12.1. The van der Waals surface area contributed by atoms with Gasteiger partial charge in [-0.15, -0.1) is 0 Å². The predicted molar refractivity (Wildman–Crippen MR) is 158 cm³/mol. The van der Waals surface area contributed by atoms with Crippen LogP contribution in [0, 0.1) is 0 Å². The summed E-state index contributed by atoms with van der Waals surface area (Å²) in [6.07, 6.45) is 0. The van der Waals surface area contributed by atoms with Crippen molar-refractivity contribution in [2.45, 2.75) is 32.8 Å². The van der Waals surface area contributed by atoms with Crippen LogP contribution in [0.1, 0.15) is 42.3 Å². The fraction of sp³-hybridized carbons (Fsp3) is 0.267. The molecule has 0 saturated carbocycles. The van der Waals surface area contributed by atoms with Crippen LogP contribution in [-0.2, 0) is 12.0 Å². The number of methoxy groups -OCH3 is 3. The number of nitrogen functional groups attached to an aromatic ring is 1. The maximum Gasteiger partial charge on any atom is 0.255 e. The van der Waals surface area contributed by atoms with Gasteiger partial charge < -0.3 is 35.7 Å². The van der Waals surface area contributed by atoms with Crippen LogP contribution in [0.25, 0.3) is 11.4 Å². The lowest BCUT2D eigenvalue weighted by Gasteiger charge is -2.19. The number of anilines is 4. The predicted octanol–water partition coefficient (Wildman–Crippen LogP) is 4.93. The van der Waals surface area contributed by atoms with Crippen molar-refractivity contribution in [3.8, 4) is 28.6 Å². The SMILES string of the molecule is COc1cc(Nc2nc(N)nc(-c3cccc(NC(=O)c4ccc(C(C)(C)C)cc4)c3CO)n2)cc(OC)c1OC. The number of aromatic nitrogens is 3. The first-order valence-electron chi connectivity index (χ1n) is 12.8. The molecule has 0 saturated heterocycles. The topological polar surface area (TPSA) is 154 Å². The van der Waals surface area contributed by atoms with Gasteiger partial charge in [-0.1, -0.05) is 45.0 Å². The van der Waals surface area contributed by atoms with Gasteiger partial charge in [-0.3, -0.25) is 4.79 Å². The summed E-state index contributed by atoms with van der Waals surface area (Å²) in [4.78, 5) is 26.1. The summed E-state index contributed by atoms with van der Waals surface area (Å²) in [5.41, 5.74) is 9.51. The number of ether oxygens (including phenoxy) is 3. The van der Waals surface area contributed by atoms with Crippen LogP contribution >= 0.6 is 0 Å². The van der Waals surface area contributed by atoms with Crippen molar-refractivity contribution in [1.82, 2.24) is 15.0 Å². The summed E-state index contributed by atoms with van der Waals surface area (Å²) in [6, 6.07) is 16.0. The Hall–Kier alpha value is -4.90. The quantitative estimate of drug-likeness (QED) is 0.222. The van der Waals surface area contributed by atoms with E-state index in [0.29, 0.717) is 45.3 Å². The van der Waals surface area contributed by atoms with Crippen LogP contribution in [0.2, 0.25) is 0 Å². The van der Waals surface area contributed by atoms with Gasteiger partial charge in [0.2, 0.25) is 17.6 Å². The number of aliphatic hydroxyl groups is 1. The normalized spacial score (nSPS) is 11.1. The number of aliphatic hydroxyl groups excluding tert-OH is 1. The Morgan fingerprint density at radius 1 is 0.927 bits per heavy atom. The van der Waals surface area contributed by atoms with Crippen molar-refractivity contribution in [2.75, 3.05) is 37.7 Å². The summed E-state index contributed by atoms with van der Waals surface area (Å²) in [6.45, 7) is 5.96. The van der Waals surface area contributed by atoms with E-state index in [1.54, 1.807) is 42.5 Å². The van der Waals surface area contributed by atoms with Gasteiger partial charge in [-0.2, -0.15) is 15.0 Å². The molecule has 4 rings (SSSR count). The number of hydrogen-bond donors (Lipinski definition) is 4. The molecule has 214 valence electrons. The minimum Gasteiger partial charge on any atom is -0.493 e. The van der Waals surface area contributed by atoms with Gasteiger partial charge in [0.1, 0.15) is 0 Å². The molecule has 1 amide bonds. The van der Waals surface area contributed by atoms with E-state index in [2.05, 4.69) is 46.4 Å². The summed E-state index contributed by atoms with van der Waals surface area (Å²) >= 11 is 0. The summed E-state index contributed by atoms with van der Waals surface area (Å²) in [5.74, 6) is 1.33. The van der Waals surface area contributed by atoms with E-state index in [1.807, 2.05) is 12.1 Å². The third kappa shape index (κ3) is 6.47. The second-order valence-corrected chi connectivity index (χ2v) is 10.2. The lowest BCUT2D eigenvalue weighted by molar-refractivity contribution is 0.102. The van der Waals surface area contributed by atoms with Gasteiger partial charge in [0.25, 0.3) is 5.91 Å². The van der Waals surface area contributed by atoms with Crippen molar-refractivity contribution in [1.29, 1.82) is 0 Å². The monoisotopic (exact) mass is 558 g/mol. The van der Waals surface area contributed by atoms with Crippen molar-refractivity contribution in [3.63, 3.8) is 0 Å². The molecule has 0 radical (unpaired) electrons. The maximum atomic E-state index is 13.1. The Morgan fingerprint density at radius 2 is 1.59 bits per heavy atom. The lowest BCUT2D eigenvalue weighted by Crippen LogP contribution is -2.15. The minimum atomic E-state index is -0.379. The zero-order valence-electron chi connectivity index (χ0n) is 23.9. The third-order valence-electron chi connectivity index (χ3n) is 6.41. The molecule has 0 atom stereocenters. The largest absolute Gasteiger partial charge is 0.493 e. The molecule has 5 N–H and O–H groups in total. The molecule has 11 nitrogen and oxygen atoms in total. The van der Waals surface area contributed by atoms with Gasteiger partial charge in [0.15, 0.2) is 17.3 Å². The highest BCUT2D eigenvalue weighted by Gasteiger charge is 2.19. The number of hydrogen-bond acceptors (Lipinski definition) is 10. The van der Waals surface area contributed by atoms with E-state index >= 15 is 0 Å². The molecule has 0 aliphatic carbocycles. The Labute approximate surface area is 238 Å². The highest BCUT2D eigenvalue weighted by Crippen LogP contribution is 2.40. The first-order chi connectivity index (χ1) is 19.6. The van der Waals surface area contributed by atoms with E-state index < -0.39 is 0 Å². The molecule has 11 heteroatoms. The first-order valence-corrected chi connectivity index (χ1v) is 12.8. The van der Waals surface area contributed by atoms with E-state index in [0.717, 1.165) is 5.56 Å². The fourth-order valence-electron chi connectivity index (χ4n) is 4.25. The molecule has 0 spiro atoms. The van der Waals surface area contributed by atoms with Gasteiger partial charge in [-0.25, -0.2) is 0 Å². The third-order valence-corrected chi connectivity index (χ3v) is 6.41. The Bertz CT molecular complexity index is 1530. The highest BCUT2D eigenvalue weighted by molar-refractivity contribution is 6.05. The van der Waals surface area contributed by atoms with Crippen LogP contribution < -0.4 is 30.6 Å². The van der Waals surface area contributed by atoms with E-state index in [4.69, 9.17) is 19.9 Å². The van der Waals surface area contributed by atoms with Crippen LogP contribution in [0.4, 0.5) is 23.3 Å². The van der Waals surface area contributed by atoms with Crippen molar-refractivity contribution in [3.05, 3.63) is 71.3 Å². The minimum absolute atomic E-state index is 0.0288. The van der Waals surface area contributed by atoms with Crippen LogP contribution in [0.15, 0.2) is 54.6 Å². The van der Waals surface area contributed by atoms with Crippen LogP contribution in [0.3, 0.4) is 0 Å². The number of nitrogens with zero attached hydrogens (tertiary/aromatic N) is 3. The van der Waals surface area contributed by atoms with Crippen LogP contribution in [-0.4, -0.2) is 47.3 Å². The zero-order chi connectivity index (χ0) is 29.7. The number of benzene rings is 3. The average molecular weight is 559 g/mol. The maximum absolute atomic E-state index is 13.1. The first kappa shape index (κ1) is 29.1. The van der Waals surface area contributed by atoms with E-state index in [-0.39, 0.29) is 35.7 Å². The number of nitrogens with one attached hydrogen (secondary N) is 2. The molecule has 4 aromatic rings. The smallest absolute Gasteiger partial charge is 0.255 e. The Kier molecular flexibility index (Phi) is 8.58. The highest BCUT2D eigenvalue weighted by atomic mass is 16.5. The summed E-state index contributed by atoms with van der Waals surface area (Å²) < 4.78 is 16.2. The van der Waals surface area contributed by atoms with Crippen molar-refractivity contribution in [2.24, 2.45) is 0 Å². The summed E-state index contributed by atoms with van der Waals surface area (Å²) in [7, 11) is 4.55. The molecular weight excluding hydrogens is 524 g/mol. The van der Waals surface area contributed by atoms with Gasteiger partial charge in [0.05, 0.1) is 27.9 Å². The standard InChI is InChI=1S/C30H34N6O5/c1-30(2,3)18-12-10-17(11-13-18)27(38)33-22-9-7-8-20(21(22)16-37)26-34-28(31)36-29(35-26)32-19-14-23(39-4)25(41-6)24(15-19)40-5/h7-15,37H,16H2,1-6H3,(H,33,38)(H3,31,32,34,35,36). The molecule has 3 aromatic carbocycles. The van der Waals surface area contributed by atoms with Gasteiger partial charge in [-0.05, 0) is 29.2 Å². The molecule has 1 heterocycles. The number of amides is 1. The van der Waals surface area contributed by atoms with Gasteiger partial charge >= 0.3 is 0 Å². The average Bonchev–Trinajstić information content (AvgIpc) is 2.95. The molecule has 0 unspecified atom stereocenters. The molecule has 0 aliphatic rings. The molecule has 0 aliphatic heterocycles. The zero-order valence-corrected chi connectivity index (χ0v) is 23.9. The van der Waals surface area contributed by atoms with E-state index in [9.17, 15) is 9.90 Å². The lowest BCUT2D eigenvalue weighted by atomic mass is 9.86. The van der Waals surface area contributed by atoms with Crippen molar-refractivity contribution >= 4 is 29.2 Å². The molecule has 0 bridgehead atoms. The molecular formula is C30H34N6O5. The number of carbonyl (C=O) groups is 1. The second-order valence-electron chi connectivity index (χ2n) is 10.2.